The number of rotatable bonds is 6. The van der Waals surface area contributed by atoms with Gasteiger partial charge in [0.25, 0.3) is 10.0 Å². The van der Waals surface area contributed by atoms with E-state index in [-0.39, 0.29) is 4.90 Å². The van der Waals surface area contributed by atoms with Crippen LogP contribution in [0.25, 0.3) is 11.0 Å². The molecular formula is C18H19N3O2S. The Balaban J connectivity index is 1.81. The number of anilines is 1. The van der Waals surface area contributed by atoms with Crippen LogP contribution in [0.3, 0.4) is 0 Å². The lowest BCUT2D eigenvalue weighted by atomic mass is 10.1. The molecule has 24 heavy (non-hydrogen) atoms. The van der Waals surface area contributed by atoms with Gasteiger partial charge in [0.15, 0.2) is 0 Å². The second-order valence-corrected chi connectivity index (χ2v) is 7.30. The highest BCUT2D eigenvalue weighted by Crippen LogP contribution is 2.20. The van der Waals surface area contributed by atoms with Crippen molar-refractivity contribution in [3.8, 4) is 0 Å². The van der Waals surface area contributed by atoms with Crippen molar-refractivity contribution in [2.45, 2.75) is 31.1 Å². The van der Waals surface area contributed by atoms with Crippen LogP contribution in [0.4, 0.5) is 5.69 Å². The Morgan fingerprint density at radius 1 is 0.958 bits per heavy atom. The predicted molar refractivity (Wildman–Crippen MR) is 95.4 cm³/mol. The SMILES string of the molecule is CCCCc1ccc(S(=O)(=O)Nc2ccc3nccnc3c2)cc1. The Kier molecular flexibility index (Phi) is 4.76. The number of hydrogen-bond acceptors (Lipinski definition) is 4. The summed E-state index contributed by atoms with van der Waals surface area (Å²) < 4.78 is 27.6. The first-order valence-corrected chi connectivity index (χ1v) is 9.39. The Morgan fingerprint density at radius 3 is 2.38 bits per heavy atom. The molecule has 0 saturated carbocycles. The fraction of sp³-hybridized carbons (Fsp3) is 0.222. The largest absolute Gasteiger partial charge is 0.280 e. The van der Waals surface area contributed by atoms with Gasteiger partial charge >= 0.3 is 0 Å². The zero-order chi connectivity index (χ0) is 17.0. The Bertz CT molecular complexity index is 938. The van der Waals surface area contributed by atoms with Crippen LogP contribution >= 0.6 is 0 Å². The van der Waals surface area contributed by atoms with Crippen molar-refractivity contribution in [3.05, 3.63) is 60.4 Å². The van der Waals surface area contributed by atoms with Crippen molar-refractivity contribution in [2.24, 2.45) is 0 Å². The number of unbranched alkanes of at least 4 members (excludes halogenated alkanes) is 1. The van der Waals surface area contributed by atoms with Gasteiger partial charge in [0.1, 0.15) is 0 Å². The second kappa shape index (κ2) is 6.97. The lowest BCUT2D eigenvalue weighted by molar-refractivity contribution is 0.601. The molecule has 0 saturated heterocycles. The van der Waals surface area contributed by atoms with E-state index in [2.05, 4.69) is 21.6 Å². The van der Waals surface area contributed by atoms with Crippen LogP contribution in [-0.4, -0.2) is 18.4 Å². The summed E-state index contributed by atoms with van der Waals surface area (Å²) in [5.41, 5.74) is 2.99. The van der Waals surface area contributed by atoms with E-state index in [1.165, 1.54) is 0 Å². The van der Waals surface area contributed by atoms with Crippen LogP contribution in [0.2, 0.25) is 0 Å². The zero-order valence-corrected chi connectivity index (χ0v) is 14.3. The second-order valence-electron chi connectivity index (χ2n) is 5.61. The molecule has 0 aliphatic carbocycles. The first-order chi connectivity index (χ1) is 11.6. The van der Waals surface area contributed by atoms with Crippen molar-refractivity contribution in [1.29, 1.82) is 0 Å². The van der Waals surface area contributed by atoms with Gasteiger partial charge < -0.3 is 0 Å². The highest BCUT2D eigenvalue weighted by Gasteiger charge is 2.14. The average molecular weight is 341 g/mol. The van der Waals surface area contributed by atoms with Crippen LogP contribution in [-0.2, 0) is 16.4 Å². The number of hydrogen-bond donors (Lipinski definition) is 1. The molecule has 1 N–H and O–H groups in total. The van der Waals surface area contributed by atoms with Crippen LogP contribution < -0.4 is 4.72 Å². The van der Waals surface area contributed by atoms with Gasteiger partial charge in [-0.2, -0.15) is 0 Å². The highest BCUT2D eigenvalue weighted by atomic mass is 32.2. The summed E-state index contributed by atoms with van der Waals surface area (Å²) in [7, 11) is -3.62. The molecule has 0 atom stereocenters. The van der Waals surface area contributed by atoms with Crippen molar-refractivity contribution < 1.29 is 8.42 Å². The summed E-state index contributed by atoms with van der Waals surface area (Å²) in [6, 6.07) is 12.1. The molecule has 3 aromatic rings. The van der Waals surface area contributed by atoms with E-state index >= 15 is 0 Å². The van der Waals surface area contributed by atoms with E-state index in [1.807, 2.05) is 12.1 Å². The lowest BCUT2D eigenvalue weighted by Crippen LogP contribution is -2.13. The first kappa shape index (κ1) is 16.4. The number of aromatic nitrogens is 2. The zero-order valence-electron chi connectivity index (χ0n) is 13.4. The molecule has 0 radical (unpaired) electrons. The van der Waals surface area contributed by atoms with E-state index in [0.29, 0.717) is 11.2 Å². The van der Waals surface area contributed by atoms with Crippen LogP contribution in [0.5, 0.6) is 0 Å². The quantitative estimate of drug-likeness (QED) is 0.741. The van der Waals surface area contributed by atoms with Gasteiger partial charge in [-0.25, -0.2) is 8.42 Å². The Labute approximate surface area is 141 Å². The highest BCUT2D eigenvalue weighted by molar-refractivity contribution is 7.92. The smallest absolute Gasteiger partial charge is 0.261 e. The normalized spacial score (nSPS) is 11.5. The van der Waals surface area contributed by atoms with Crippen molar-refractivity contribution in [3.63, 3.8) is 0 Å². The number of nitrogens with one attached hydrogen (secondary N) is 1. The lowest BCUT2D eigenvalue weighted by Gasteiger charge is -2.09. The van der Waals surface area contributed by atoms with E-state index in [9.17, 15) is 8.42 Å². The van der Waals surface area contributed by atoms with E-state index in [1.54, 1.807) is 42.7 Å². The minimum atomic E-state index is -3.62. The molecule has 2 aromatic carbocycles. The summed E-state index contributed by atoms with van der Waals surface area (Å²) >= 11 is 0. The summed E-state index contributed by atoms with van der Waals surface area (Å²) in [5.74, 6) is 0. The minimum Gasteiger partial charge on any atom is -0.280 e. The molecule has 0 aliphatic heterocycles. The van der Waals surface area contributed by atoms with Crippen molar-refractivity contribution >= 4 is 26.7 Å². The van der Waals surface area contributed by atoms with E-state index < -0.39 is 10.0 Å². The average Bonchev–Trinajstić information content (AvgIpc) is 2.60. The molecule has 5 nitrogen and oxygen atoms in total. The van der Waals surface area contributed by atoms with Gasteiger partial charge in [0, 0.05) is 12.4 Å². The molecule has 0 fully saturated rings. The molecule has 0 unspecified atom stereocenters. The van der Waals surface area contributed by atoms with Crippen LogP contribution in [0, 0.1) is 0 Å². The molecule has 6 heteroatoms. The van der Waals surface area contributed by atoms with Gasteiger partial charge in [-0.1, -0.05) is 25.5 Å². The third-order valence-electron chi connectivity index (χ3n) is 3.77. The standard InChI is InChI=1S/C18H19N3O2S/c1-2-3-4-14-5-8-16(9-6-14)24(22,23)21-15-7-10-17-18(13-15)20-12-11-19-17/h5-13,21H,2-4H2,1H3. The predicted octanol–water partition coefficient (Wildman–Crippen LogP) is 3.77. The van der Waals surface area contributed by atoms with Crippen LogP contribution in [0.15, 0.2) is 59.8 Å². The molecule has 0 aliphatic rings. The summed E-state index contributed by atoms with van der Waals surface area (Å²) in [6.07, 6.45) is 6.37. The van der Waals surface area contributed by atoms with Gasteiger partial charge in [0.2, 0.25) is 0 Å². The minimum absolute atomic E-state index is 0.252. The van der Waals surface area contributed by atoms with Gasteiger partial charge in [0.05, 0.1) is 21.6 Å². The third-order valence-corrected chi connectivity index (χ3v) is 5.17. The van der Waals surface area contributed by atoms with Crippen molar-refractivity contribution in [2.75, 3.05) is 4.72 Å². The fourth-order valence-electron chi connectivity index (χ4n) is 2.46. The number of aryl methyl sites for hydroxylation is 1. The molecule has 1 heterocycles. The molecule has 3 rings (SSSR count). The molecule has 124 valence electrons. The van der Waals surface area contributed by atoms with Crippen molar-refractivity contribution in [1.82, 2.24) is 9.97 Å². The fourth-order valence-corrected chi connectivity index (χ4v) is 3.51. The maximum Gasteiger partial charge on any atom is 0.261 e. The summed E-state index contributed by atoms with van der Waals surface area (Å²) in [5, 5.41) is 0. The third kappa shape index (κ3) is 3.71. The van der Waals surface area contributed by atoms with Gasteiger partial charge in [-0.05, 0) is 48.7 Å². The monoisotopic (exact) mass is 341 g/mol. The molecule has 0 amide bonds. The number of sulfonamides is 1. The van der Waals surface area contributed by atoms with E-state index in [4.69, 9.17) is 0 Å². The number of fused-ring (bicyclic) bond motifs is 1. The number of nitrogens with zero attached hydrogens (tertiary/aromatic N) is 2. The molecule has 0 bridgehead atoms. The Morgan fingerprint density at radius 2 is 1.67 bits per heavy atom. The van der Waals surface area contributed by atoms with E-state index in [0.717, 1.165) is 30.3 Å². The van der Waals surface area contributed by atoms with Gasteiger partial charge in [-0.3, -0.25) is 14.7 Å². The summed E-state index contributed by atoms with van der Waals surface area (Å²) in [4.78, 5) is 8.61. The number of benzene rings is 2. The molecule has 0 spiro atoms. The first-order valence-electron chi connectivity index (χ1n) is 7.91. The maximum atomic E-state index is 12.5. The molecule has 1 aromatic heterocycles. The van der Waals surface area contributed by atoms with Gasteiger partial charge in [-0.15, -0.1) is 0 Å². The maximum absolute atomic E-state index is 12.5. The topological polar surface area (TPSA) is 72.0 Å². The Hall–Kier alpha value is -2.47. The van der Waals surface area contributed by atoms with Crippen LogP contribution in [0.1, 0.15) is 25.3 Å². The molecular weight excluding hydrogens is 322 g/mol. The summed E-state index contributed by atoms with van der Waals surface area (Å²) in [6.45, 7) is 2.14.